The van der Waals surface area contributed by atoms with Gasteiger partial charge in [0.15, 0.2) is 5.11 Å². The number of carbonyl (C=O) groups excluding carboxylic acids is 1. The number of nitrogens with zero attached hydrogens (tertiary/aromatic N) is 1. The Bertz CT molecular complexity index is 740. The molecule has 0 saturated carbocycles. The van der Waals surface area contributed by atoms with Gasteiger partial charge in [0.05, 0.1) is 0 Å². The topological polar surface area (TPSA) is 75.2 Å². The van der Waals surface area contributed by atoms with Crippen LogP contribution in [0.5, 0.6) is 0 Å². The number of nitrogens with one attached hydrogen (secondary N) is 3. The number of thiocarbonyl (C=S) groups is 1. The average Bonchev–Trinajstić information content (AvgIpc) is 2.56. The number of aryl methyl sites for hydroxylation is 1. The van der Waals surface area contributed by atoms with Crippen molar-refractivity contribution in [1.29, 1.82) is 0 Å². The lowest BCUT2D eigenvalue weighted by Gasteiger charge is -2.12. The molecule has 0 atom stereocenters. The zero-order valence-corrected chi connectivity index (χ0v) is 13.5. The molecule has 1 aromatic carbocycles. The largest absolute Gasteiger partial charge is 0.331 e. The maximum atomic E-state index is 11.8. The average molecular weight is 330 g/mol. The van der Waals surface area contributed by atoms with Crippen LogP contribution in [0.3, 0.4) is 0 Å². The third-order valence-corrected chi connectivity index (χ3v) is 3.35. The summed E-state index contributed by atoms with van der Waals surface area (Å²) in [7, 11) is 0. The standard InChI is InChI=1S/C16H18N4O2S/c1-2-12-6-8-13(9-7-12)17-16(23)19-18-14(21)11-20-10-4-3-5-15(20)22/h3-10H,2,11H2,1H3,(H,18,21)(H2,17,19,23). The minimum atomic E-state index is -0.371. The number of rotatable bonds is 4. The molecule has 1 aromatic heterocycles. The highest BCUT2D eigenvalue weighted by atomic mass is 32.1. The summed E-state index contributed by atoms with van der Waals surface area (Å²) in [4.78, 5) is 23.3. The number of pyridine rings is 1. The van der Waals surface area contributed by atoms with E-state index in [1.807, 2.05) is 24.3 Å². The molecule has 23 heavy (non-hydrogen) atoms. The Morgan fingerprint density at radius 3 is 2.52 bits per heavy atom. The van der Waals surface area contributed by atoms with Crippen LogP contribution in [0, 0.1) is 0 Å². The van der Waals surface area contributed by atoms with Crippen LogP contribution in [0.15, 0.2) is 53.5 Å². The number of hydrogen-bond donors (Lipinski definition) is 3. The molecule has 0 spiro atoms. The van der Waals surface area contributed by atoms with Crippen LogP contribution in [0.1, 0.15) is 12.5 Å². The lowest BCUT2D eigenvalue weighted by Crippen LogP contribution is -2.45. The van der Waals surface area contributed by atoms with Crippen molar-refractivity contribution in [3.05, 3.63) is 64.6 Å². The molecule has 7 heteroatoms. The fourth-order valence-corrected chi connectivity index (χ4v) is 2.07. The molecular weight excluding hydrogens is 312 g/mol. The number of aromatic nitrogens is 1. The third-order valence-electron chi connectivity index (χ3n) is 3.15. The van der Waals surface area contributed by atoms with Gasteiger partial charge in [0.1, 0.15) is 6.54 Å². The van der Waals surface area contributed by atoms with Crippen molar-refractivity contribution in [2.45, 2.75) is 19.9 Å². The summed E-state index contributed by atoms with van der Waals surface area (Å²) in [5.41, 5.74) is 6.88. The summed E-state index contributed by atoms with van der Waals surface area (Å²) in [6.07, 6.45) is 2.52. The molecular formula is C16H18N4O2S. The van der Waals surface area contributed by atoms with Gasteiger partial charge in [-0.25, -0.2) is 0 Å². The van der Waals surface area contributed by atoms with Crippen LogP contribution in [0.2, 0.25) is 0 Å². The number of benzene rings is 1. The van der Waals surface area contributed by atoms with Gasteiger partial charge in [-0.2, -0.15) is 0 Å². The third kappa shape index (κ3) is 5.23. The maximum absolute atomic E-state index is 11.8. The predicted octanol–water partition coefficient (Wildman–Crippen LogP) is 1.43. The second kappa shape index (κ2) is 8.09. The Morgan fingerprint density at radius 1 is 1.13 bits per heavy atom. The number of hydrazine groups is 1. The summed E-state index contributed by atoms with van der Waals surface area (Å²) in [6.45, 7) is 2.00. The molecule has 0 aliphatic carbocycles. The monoisotopic (exact) mass is 330 g/mol. The summed E-state index contributed by atoms with van der Waals surface area (Å²) in [6, 6.07) is 12.5. The van der Waals surface area contributed by atoms with Crippen molar-refractivity contribution < 1.29 is 4.79 Å². The van der Waals surface area contributed by atoms with E-state index >= 15 is 0 Å². The molecule has 2 rings (SSSR count). The second-order valence-corrected chi connectivity index (χ2v) is 5.25. The highest BCUT2D eigenvalue weighted by Crippen LogP contribution is 2.09. The van der Waals surface area contributed by atoms with Gasteiger partial charge in [-0.1, -0.05) is 25.1 Å². The fourth-order valence-electron chi connectivity index (χ4n) is 1.90. The molecule has 1 amide bonds. The summed E-state index contributed by atoms with van der Waals surface area (Å²) in [5, 5.41) is 3.23. The first kappa shape index (κ1) is 16.7. The van der Waals surface area contributed by atoms with Crippen LogP contribution in [-0.2, 0) is 17.8 Å². The van der Waals surface area contributed by atoms with Crippen molar-refractivity contribution in [3.8, 4) is 0 Å². The molecule has 3 N–H and O–H groups in total. The molecule has 0 bridgehead atoms. The molecule has 2 aromatic rings. The number of carbonyl (C=O) groups is 1. The van der Waals surface area contributed by atoms with Gasteiger partial charge in [-0.3, -0.25) is 20.4 Å². The molecule has 0 saturated heterocycles. The summed E-state index contributed by atoms with van der Waals surface area (Å²) < 4.78 is 1.30. The predicted molar refractivity (Wildman–Crippen MR) is 94.0 cm³/mol. The van der Waals surface area contributed by atoms with Crippen LogP contribution in [0.4, 0.5) is 5.69 Å². The molecule has 0 unspecified atom stereocenters. The van der Waals surface area contributed by atoms with Crippen molar-refractivity contribution in [1.82, 2.24) is 15.4 Å². The van der Waals surface area contributed by atoms with Gasteiger partial charge >= 0.3 is 0 Å². The summed E-state index contributed by atoms with van der Waals surface area (Å²) >= 11 is 5.10. The van der Waals surface area contributed by atoms with E-state index < -0.39 is 0 Å². The van der Waals surface area contributed by atoms with Crippen LogP contribution >= 0.6 is 12.2 Å². The van der Waals surface area contributed by atoms with E-state index in [9.17, 15) is 9.59 Å². The Morgan fingerprint density at radius 2 is 1.87 bits per heavy atom. The second-order valence-electron chi connectivity index (χ2n) is 4.84. The molecule has 6 nitrogen and oxygen atoms in total. The maximum Gasteiger partial charge on any atom is 0.258 e. The Labute approximate surface area is 139 Å². The smallest absolute Gasteiger partial charge is 0.258 e. The molecule has 1 heterocycles. The minimum absolute atomic E-state index is 0.0829. The molecule has 0 aliphatic heterocycles. The van der Waals surface area contributed by atoms with E-state index in [4.69, 9.17) is 12.2 Å². The summed E-state index contributed by atoms with van der Waals surface area (Å²) in [5.74, 6) is -0.371. The number of anilines is 1. The Kier molecular flexibility index (Phi) is 5.87. The minimum Gasteiger partial charge on any atom is -0.331 e. The zero-order valence-electron chi connectivity index (χ0n) is 12.7. The van der Waals surface area contributed by atoms with E-state index in [2.05, 4.69) is 23.1 Å². The molecule has 120 valence electrons. The Balaban J connectivity index is 1.80. The quantitative estimate of drug-likeness (QED) is 0.584. The van der Waals surface area contributed by atoms with Crippen molar-refractivity contribution in [3.63, 3.8) is 0 Å². The highest BCUT2D eigenvalue weighted by Gasteiger charge is 2.04. The first-order valence-electron chi connectivity index (χ1n) is 7.18. The van der Waals surface area contributed by atoms with Crippen molar-refractivity contribution in [2.75, 3.05) is 5.32 Å². The number of hydrogen-bond acceptors (Lipinski definition) is 3. The van der Waals surface area contributed by atoms with Gasteiger partial charge in [0, 0.05) is 18.0 Å². The molecule has 0 fully saturated rings. The van der Waals surface area contributed by atoms with E-state index in [0.29, 0.717) is 0 Å². The lowest BCUT2D eigenvalue weighted by atomic mass is 10.1. The molecule has 0 radical (unpaired) electrons. The zero-order chi connectivity index (χ0) is 16.7. The van der Waals surface area contributed by atoms with E-state index in [1.54, 1.807) is 18.3 Å². The van der Waals surface area contributed by atoms with Crippen LogP contribution in [0.25, 0.3) is 0 Å². The first-order valence-corrected chi connectivity index (χ1v) is 7.59. The molecule has 0 aliphatic rings. The van der Waals surface area contributed by atoms with E-state index in [1.165, 1.54) is 16.2 Å². The van der Waals surface area contributed by atoms with Crippen molar-refractivity contribution >= 4 is 28.9 Å². The SMILES string of the molecule is CCc1ccc(NC(=S)NNC(=O)Cn2ccccc2=O)cc1. The Hall–Kier alpha value is -2.67. The van der Waals surface area contributed by atoms with Crippen LogP contribution < -0.4 is 21.7 Å². The van der Waals surface area contributed by atoms with E-state index in [0.717, 1.165) is 12.1 Å². The van der Waals surface area contributed by atoms with E-state index in [-0.39, 0.29) is 23.1 Å². The fraction of sp³-hybridized carbons (Fsp3) is 0.188. The highest BCUT2D eigenvalue weighted by molar-refractivity contribution is 7.80. The van der Waals surface area contributed by atoms with Crippen LogP contribution in [-0.4, -0.2) is 15.6 Å². The lowest BCUT2D eigenvalue weighted by molar-refractivity contribution is -0.122. The van der Waals surface area contributed by atoms with Gasteiger partial charge in [0.25, 0.3) is 11.5 Å². The number of amides is 1. The normalized spacial score (nSPS) is 9.96. The first-order chi connectivity index (χ1) is 11.1. The van der Waals surface area contributed by atoms with Gasteiger partial charge in [-0.05, 0) is 42.4 Å². The van der Waals surface area contributed by atoms with Gasteiger partial charge in [-0.15, -0.1) is 0 Å². The van der Waals surface area contributed by atoms with Crippen molar-refractivity contribution in [2.24, 2.45) is 0 Å². The van der Waals surface area contributed by atoms with Gasteiger partial charge < -0.3 is 9.88 Å². The van der Waals surface area contributed by atoms with Gasteiger partial charge in [0.2, 0.25) is 0 Å².